The van der Waals surface area contributed by atoms with Crippen LogP contribution in [0, 0.1) is 0 Å². The van der Waals surface area contributed by atoms with E-state index in [0.29, 0.717) is 18.1 Å². The third kappa shape index (κ3) is 4.88. The van der Waals surface area contributed by atoms with Gasteiger partial charge in [0.05, 0.1) is 12.2 Å². The molecule has 0 spiro atoms. The number of anilines is 3. The van der Waals surface area contributed by atoms with Gasteiger partial charge in [-0.2, -0.15) is 0 Å². The van der Waals surface area contributed by atoms with Crippen LogP contribution in [-0.2, 0) is 6.54 Å². The maximum absolute atomic E-state index is 5.98. The molecule has 0 amide bonds. The highest BCUT2D eigenvalue weighted by molar-refractivity contribution is 9.10. The van der Waals surface area contributed by atoms with Crippen molar-refractivity contribution in [1.29, 1.82) is 0 Å². The minimum Gasteiger partial charge on any atom is -0.453 e. The molecule has 0 unspecified atom stereocenters. The predicted molar refractivity (Wildman–Crippen MR) is 118 cm³/mol. The molecular weight excluding hydrogens is 436 g/mol. The molecule has 0 radical (unpaired) electrons. The normalized spacial score (nSPS) is 10.5. The summed E-state index contributed by atoms with van der Waals surface area (Å²) in [5, 5.41) is 9.41. The number of aromatic nitrogens is 2. The van der Waals surface area contributed by atoms with Crippen LogP contribution >= 0.6 is 27.3 Å². The SMILES string of the molecule is Brc1cnc(Nc2nc(CNc3ccccc3)cs2)c(Oc2ccccc2)c1. The van der Waals surface area contributed by atoms with Crippen molar-refractivity contribution in [2.24, 2.45) is 0 Å². The zero-order valence-electron chi connectivity index (χ0n) is 14.8. The lowest BCUT2D eigenvalue weighted by Gasteiger charge is -2.11. The van der Waals surface area contributed by atoms with Crippen LogP contribution < -0.4 is 15.4 Å². The van der Waals surface area contributed by atoms with E-state index in [1.807, 2.05) is 72.1 Å². The van der Waals surface area contributed by atoms with Gasteiger partial charge in [-0.1, -0.05) is 36.4 Å². The van der Waals surface area contributed by atoms with Crippen molar-refractivity contribution in [3.63, 3.8) is 0 Å². The summed E-state index contributed by atoms with van der Waals surface area (Å²) in [6, 6.07) is 21.6. The summed E-state index contributed by atoms with van der Waals surface area (Å²) < 4.78 is 6.83. The largest absolute Gasteiger partial charge is 0.453 e. The van der Waals surface area contributed by atoms with Crippen molar-refractivity contribution in [3.8, 4) is 11.5 Å². The van der Waals surface area contributed by atoms with Crippen LogP contribution in [0.1, 0.15) is 5.69 Å². The summed E-state index contributed by atoms with van der Waals surface area (Å²) in [6.07, 6.45) is 1.73. The number of rotatable bonds is 7. The molecule has 5 nitrogen and oxygen atoms in total. The van der Waals surface area contributed by atoms with Crippen LogP contribution in [-0.4, -0.2) is 9.97 Å². The number of benzene rings is 2. The molecule has 2 aromatic heterocycles. The molecule has 7 heteroatoms. The number of para-hydroxylation sites is 2. The van der Waals surface area contributed by atoms with Crippen molar-refractivity contribution < 1.29 is 4.74 Å². The van der Waals surface area contributed by atoms with E-state index < -0.39 is 0 Å². The van der Waals surface area contributed by atoms with Gasteiger partial charge in [0, 0.05) is 27.8 Å². The Morgan fingerprint density at radius 1 is 1.00 bits per heavy atom. The van der Waals surface area contributed by atoms with Gasteiger partial charge in [-0.15, -0.1) is 11.3 Å². The second kappa shape index (κ2) is 8.86. The van der Waals surface area contributed by atoms with Gasteiger partial charge in [-0.25, -0.2) is 9.97 Å². The number of halogens is 1. The third-order valence-electron chi connectivity index (χ3n) is 3.81. The fraction of sp³-hybridized carbons (Fsp3) is 0.0476. The Kier molecular flexibility index (Phi) is 5.84. The van der Waals surface area contributed by atoms with Gasteiger partial charge in [0.1, 0.15) is 5.75 Å². The van der Waals surface area contributed by atoms with E-state index in [1.165, 1.54) is 11.3 Å². The molecule has 0 aliphatic carbocycles. The van der Waals surface area contributed by atoms with E-state index in [4.69, 9.17) is 4.74 Å². The summed E-state index contributed by atoms with van der Waals surface area (Å²) in [5.74, 6) is 1.99. The Balaban J connectivity index is 1.46. The molecule has 4 rings (SSSR count). The van der Waals surface area contributed by atoms with Crippen LogP contribution in [0.4, 0.5) is 16.6 Å². The van der Waals surface area contributed by atoms with Crippen LogP contribution in [0.25, 0.3) is 0 Å². The molecule has 2 aromatic carbocycles. The minimum atomic E-state index is 0.615. The molecule has 0 saturated carbocycles. The summed E-state index contributed by atoms with van der Waals surface area (Å²) in [5.41, 5.74) is 2.03. The molecule has 140 valence electrons. The molecule has 28 heavy (non-hydrogen) atoms. The highest BCUT2D eigenvalue weighted by Gasteiger charge is 2.11. The molecule has 0 aliphatic heterocycles. The Morgan fingerprint density at radius 2 is 1.75 bits per heavy atom. The number of nitrogens with one attached hydrogen (secondary N) is 2. The maximum Gasteiger partial charge on any atom is 0.188 e. The lowest BCUT2D eigenvalue weighted by molar-refractivity contribution is 0.482. The van der Waals surface area contributed by atoms with E-state index in [9.17, 15) is 0 Å². The van der Waals surface area contributed by atoms with Gasteiger partial charge in [-0.3, -0.25) is 0 Å². The van der Waals surface area contributed by atoms with E-state index >= 15 is 0 Å². The van der Waals surface area contributed by atoms with Crippen molar-refractivity contribution in [1.82, 2.24) is 9.97 Å². The van der Waals surface area contributed by atoms with Crippen LogP contribution in [0.15, 0.2) is 82.8 Å². The molecule has 0 saturated heterocycles. The van der Waals surface area contributed by atoms with Gasteiger partial charge in [0.15, 0.2) is 16.7 Å². The molecule has 4 aromatic rings. The summed E-state index contributed by atoms with van der Waals surface area (Å²) in [4.78, 5) is 9.07. The second-order valence-corrected chi connectivity index (χ2v) is 7.68. The Bertz CT molecular complexity index is 1040. The Morgan fingerprint density at radius 3 is 2.54 bits per heavy atom. The van der Waals surface area contributed by atoms with Crippen LogP contribution in [0.2, 0.25) is 0 Å². The van der Waals surface area contributed by atoms with Gasteiger partial charge in [0.25, 0.3) is 0 Å². The zero-order chi connectivity index (χ0) is 19.2. The van der Waals surface area contributed by atoms with Gasteiger partial charge in [-0.05, 0) is 40.2 Å². The fourth-order valence-electron chi connectivity index (χ4n) is 2.50. The molecular formula is C21H17BrN4OS. The number of hydrogen-bond donors (Lipinski definition) is 2. The molecule has 0 bridgehead atoms. The lowest BCUT2D eigenvalue weighted by atomic mass is 10.3. The number of hydrogen-bond acceptors (Lipinski definition) is 6. The molecule has 2 N–H and O–H groups in total. The van der Waals surface area contributed by atoms with Crippen molar-refractivity contribution in [3.05, 3.63) is 88.5 Å². The topological polar surface area (TPSA) is 59.1 Å². The van der Waals surface area contributed by atoms with Crippen LogP contribution in [0.3, 0.4) is 0 Å². The first-order valence-corrected chi connectivity index (χ1v) is 10.3. The number of nitrogens with zero attached hydrogens (tertiary/aromatic N) is 2. The van der Waals surface area contributed by atoms with E-state index in [-0.39, 0.29) is 0 Å². The summed E-state index contributed by atoms with van der Waals surface area (Å²) in [6.45, 7) is 0.656. The molecule has 0 fully saturated rings. The second-order valence-electron chi connectivity index (χ2n) is 5.90. The first kappa shape index (κ1) is 18.5. The maximum atomic E-state index is 5.98. The number of ether oxygens (including phenoxy) is 1. The minimum absolute atomic E-state index is 0.615. The quantitative estimate of drug-likeness (QED) is 0.337. The van der Waals surface area contributed by atoms with E-state index in [2.05, 4.69) is 36.5 Å². The van der Waals surface area contributed by atoms with Crippen LogP contribution in [0.5, 0.6) is 11.5 Å². The lowest BCUT2D eigenvalue weighted by Crippen LogP contribution is -2.00. The van der Waals surface area contributed by atoms with E-state index in [0.717, 1.165) is 26.7 Å². The summed E-state index contributed by atoms with van der Waals surface area (Å²) in [7, 11) is 0. The number of thiazole rings is 1. The standard InChI is InChI=1S/C21H17BrN4OS/c22-15-11-19(27-18-9-5-2-6-10-18)20(24-12-15)26-21-25-17(14-28-21)13-23-16-7-3-1-4-8-16/h1-12,14,23H,13H2,(H,24,25,26). The summed E-state index contributed by atoms with van der Waals surface area (Å²) >= 11 is 4.98. The first-order valence-electron chi connectivity index (χ1n) is 8.65. The van der Waals surface area contributed by atoms with Crippen molar-refractivity contribution in [2.75, 3.05) is 10.6 Å². The highest BCUT2D eigenvalue weighted by atomic mass is 79.9. The average molecular weight is 453 g/mol. The molecule has 2 heterocycles. The zero-order valence-corrected chi connectivity index (χ0v) is 17.2. The Labute approximate surface area is 175 Å². The average Bonchev–Trinajstić information content (AvgIpc) is 3.17. The number of pyridine rings is 1. The smallest absolute Gasteiger partial charge is 0.188 e. The van der Waals surface area contributed by atoms with Crippen molar-refractivity contribution >= 4 is 43.9 Å². The van der Waals surface area contributed by atoms with Gasteiger partial charge in [0.2, 0.25) is 0 Å². The van der Waals surface area contributed by atoms with Crippen molar-refractivity contribution in [2.45, 2.75) is 6.54 Å². The highest BCUT2D eigenvalue weighted by Crippen LogP contribution is 2.33. The molecule has 0 aliphatic rings. The predicted octanol–water partition coefficient (Wildman–Crippen LogP) is 6.45. The monoisotopic (exact) mass is 452 g/mol. The third-order valence-corrected chi connectivity index (χ3v) is 5.06. The van der Waals surface area contributed by atoms with Gasteiger partial charge >= 0.3 is 0 Å². The Hall–Kier alpha value is -2.90. The molecule has 0 atom stereocenters. The van der Waals surface area contributed by atoms with Gasteiger partial charge < -0.3 is 15.4 Å². The first-order chi connectivity index (χ1) is 13.8. The van der Waals surface area contributed by atoms with E-state index in [1.54, 1.807) is 6.20 Å². The fourth-order valence-corrected chi connectivity index (χ4v) is 3.52.